The van der Waals surface area contributed by atoms with Gasteiger partial charge in [0.1, 0.15) is 0 Å². The molecular formula is C2H9I3Si. The first-order valence-electron chi connectivity index (χ1n) is 1.72. The van der Waals surface area contributed by atoms with Gasteiger partial charge in [-0.25, -0.2) is 0 Å². The molecule has 4 heteroatoms. The van der Waals surface area contributed by atoms with Crippen molar-refractivity contribution < 1.29 is 0 Å². The van der Waals surface area contributed by atoms with Crippen molar-refractivity contribution in [3.05, 3.63) is 0 Å². The Labute approximate surface area is 72.3 Å². The van der Waals surface area contributed by atoms with Crippen LogP contribution in [0.1, 0.15) is 6.92 Å². The maximum absolute atomic E-state index is 2.41. The summed E-state index contributed by atoms with van der Waals surface area (Å²) >= 11 is 5.22. The molecule has 42 valence electrons. The van der Waals surface area contributed by atoms with E-state index in [-0.39, 0.29) is 0 Å². The van der Waals surface area contributed by atoms with Crippen LogP contribution >= 0.6 is 50.5 Å². The Bertz CT molecular complexity index is 10.8. The van der Waals surface area contributed by atoms with Crippen LogP contribution in [0.25, 0.3) is 0 Å². The third-order valence-electron chi connectivity index (χ3n) is 0. The zero-order valence-corrected chi connectivity index (χ0v) is 12.5. The van der Waals surface area contributed by atoms with E-state index in [0.29, 0.717) is 13.3 Å². The second-order valence-electron chi connectivity index (χ2n) is 0.765. The number of rotatable bonds is 0. The summed E-state index contributed by atoms with van der Waals surface area (Å²) in [6.45, 7) is 2.19. The van der Waals surface area contributed by atoms with Crippen molar-refractivity contribution in [1.82, 2.24) is 0 Å². The van der Waals surface area contributed by atoms with E-state index in [0.717, 1.165) is 0 Å². The molecule has 6 heavy (non-hydrogen) atoms. The van der Waals surface area contributed by atoms with E-state index in [4.69, 9.17) is 0 Å². The fraction of sp³-hybridized carbons (Fsp3) is 1.00. The van der Waals surface area contributed by atoms with E-state index in [1.807, 2.05) is 0 Å². The summed E-state index contributed by atoms with van der Waals surface area (Å²) in [5.74, 6) is 0. The average Bonchev–Trinajstić information content (AvgIpc) is 1.39. The van der Waals surface area contributed by atoms with Crippen LogP contribution in [0.4, 0.5) is 0 Å². The van der Waals surface area contributed by atoms with E-state index in [9.17, 15) is 0 Å². The first-order valence-corrected chi connectivity index (χ1v) is 16.7. The van der Waals surface area contributed by atoms with Gasteiger partial charge in [-0.2, -0.15) is 0 Å². The fourth-order valence-electron chi connectivity index (χ4n) is 0. The van der Waals surface area contributed by atoms with Gasteiger partial charge < -0.3 is 0 Å². The summed E-state index contributed by atoms with van der Waals surface area (Å²) in [7, 11) is 1.37. The van der Waals surface area contributed by atoms with Crippen LogP contribution < -0.4 is 0 Å². The van der Waals surface area contributed by atoms with Crippen LogP contribution in [0.2, 0.25) is 6.04 Å². The molecule has 0 aliphatic carbocycles. The van der Waals surface area contributed by atoms with Gasteiger partial charge in [0.2, 0.25) is 0 Å². The van der Waals surface area contributed by atoms with Crippen molar-refractivity contribution in [2.45, 2.75) is 13.0 Å². The Kier molecular flexibility index (Phi) is 29.3. The van der Waals surface area contributed by atoms with Gasteiger partial charge in [0.05, 0.1) is 0 Å². The van der Waals surface area contributed by atoms with Crippen LogP contribution in [-0.2, 0) is 0 Å². The molecule has 0 aromatic rings. The summed E-state index contributed by atoms with van der Waals surface area (Å²) in [5.41, 5.74) is 0. The first-order chi connectivity index (χ1) is 2.83. The van der Waals surface area contributed by atoms with E-state index in [1.54, 1.807) is 0 Å². The molecule has 0 N–H and O–H groups in total. The third-order valence-corrected chi connectivity index (χ3v) is 0. The van der Waals surface area contributed by atoms with Crippen LogP contribution in [0.15, 0.2) is 0 Å². The quantitative estimate of drug-likeness (QED) is 0.399. The van der Waals surface area contributed by atoms with Gasteiger partial charge in [-0.1, -0.05) is 13.0 Å². The van der Waals surface area contributed by atoms with Crippen molar-refractivity contribution in [3.63, 3.8) is 0 Å². The molecule has 0 amide bonds. The predicted molar refractivity (Wildman–Crippen MR) is 63.9 cm³/mol. The number of halogens is 3. The van der Waals surface area contributed by atoms with Gasteiger partial charge in [0.25, 0.3) is 0 Å². The monoisotopic (exact) mass is 442 g/mol. The van der Waals surface area contributed by atoms with Gasteiger partial charge in [0, 0.05) is 10.2 Å². The third kappa shape index (κ3) is 32.3. The second kappa shape index (κ2) is 15.7. The summed E-state index contributed by atoms with van der Waals surface area (Å²) < 4.78 is 0. The summed E-state index contributed by atoms with van der Waals surface area (Å²) in [6, 6.07) is 1.39. The molecule has 0 rings (SSSR count). The van der Waals surface area contributed by atoms with Crippen LogP contribution in [0.5, 0.6) is 0 Å². The van der Waals surface area contributed by atoms with Crippen molar-refractivity contribution in [1.29, 1.82) is 0 Å². The van der Waals surface area contributed by atoms with Gasteiger partial charge in [-0.15, -0.1) is 0 Å². The van der Waals surface area contributed by atoms with Crippen LogP contribution in [0.3, 0.4) is 0 Å². The molecule has 0 aromatic carbocycles. The predicted octanol–water partition coefficient (Wildman–Crippen LogP) is 2.18. The minimum absolute atomic E-state index is 0.410. The zero-order chi connectivity index (χ0) is 5.41. The summed E-state index contributed by atoms with van der Waals surface area (Å²) in [5, 5.41) is 0. The van der Waals surface area contributed by atoms with Gasteiger partial charge in [0.15, 0.2) is 0 Å². The average molecular weight is 442 g/mol. The molecule has 0 aromatic heterocycles. The molecule has 0 aliphatic heterocycles. The van der Waals surface area contributed by atoms with Gasteiger partial charge in [-0.05, 0) is 0 Å². The Hall–Kier alpha value is 2.41. The Balaban J connectivity index is 0. The van der Waals surface area contributed by atoms with E-state index in [2.05, 4.69) is 44.2 Å². The zero-order valence-electron chi connectivity index (χ0n) is 3.87. The molecule has 0 fully saturated rings. The van der Waals surface area contributed by atoms with Gasteiger partial charge in [-0.3, -0.25) is 0 Å². The van der Waals surface area contributed by atoms with Crippen LogP contribution in [0, 0.1) is 0 Å². The molecule has 0 radical (unpaired) electrons. The molecule has 0 saturated heterocycles. The van der Waals surface area contributed by atoms with Crippen molar-refractivity contribution >= 4 is 60.7 Å². The Morgan fingerprint density at radius 1 is 1.67 bits per heavy atom. The second-order valence-corrected chi connectivity index (χ2v) is 19.7. The topological polar surface area (TPSA) is 0 Å². The molecule has 0 atom stereocenters. The minimum atomic E-state index is 0.410. The first kappa shape index (κ1) is 11.2. The van der Waals surface area contributed by atoms with Crippen molar-refractivity contribution in [2.24, 2.45) is 0 Å². The molecule has 0 aliphatic rings. The number of hydrogen-bond acceptors (Lipinski definition) is 0. The summed E-state index contributed by atoms with van der Waals surface area (Å²) in [4.78, 5) is 0. The molecule has 0 spiro atoms. The van der Waals surface area contributed by atoms with Gasteiger partial charge >= 0.3 is 50.5 Å². The molecule has 0 unspecified atom stereocenters. The van der Waals surface area contributed by atoms with Crippen molar-refractivity contribution in [3.8, 4) is 0 Å². The molecule has 0 saturated carbocycles. The van der Waals surface area contributed by atoms with E-state index < -0.39 is 0 Å². The molecule has 0 bridgehead atoms. The van der Waals surface area contributed by atoms with Crippen molar-refractivity contribution in [2.75, 3.05) is 0 Å². The normalized spacial score (nSPS) is 7.17. The molecule has 0 nitrogen and oxygen atoms in total. The maximum atomic E-state index is 2.41. The molecule has 0 heterocycles. The van der Waals surface area contributed by atoms with E-state index >= 15 is 0 Å². The molecular weight excluding hydrogens is 433 g/mol. The Morgan fingerprint density at radius 2 is 1.67 bits per heavy atom. The standard InChI is InChI=1S/C2H8Si.HI3/c1-2-3;1-3-2/h2H2,1,3H3;3H. The number of hydrogen-bond donors (Lipinski definition) is 0. The Morgan fingerprint density at radius 3 is 1.67 bits per heavy atom. The SMILES string of the molecule is CC[SiH3].I[IH]I. The van der Waals surface area contributed by atoms with E-state index in [1.165, 1.54) is 16.3 Å². The fourth-order valence-corrected chi connectivity index (χ4v) is 0. The summed E-state index contributed by atoms with van der Waals surface area (Å²) in [6.07, 6.45) is 0. The van der Waals surface area contributed by atoms with Crippen LogP contribution in [-0.4, -0.2) is 10.2 Å².